The van der Waals surface area contributed by atoms with Gasteiger partial charge >= 0.3 is 0 Å². The topological polar surface area (TPSA) is 32.3 Å². The molecule has 0 saturated carbocycles. The third-order valence-corrected chi connectivity index (χ3v) is 4.15. The number of halogens is 1. The van der Waals surface area contributed by atoms with Crippen molar-refractivity contribution in [2.45, 2.75) is 12.5 Å². The number of hydrogen-bond acceptors (Lipinski definition) is 2. The van der Waals surface area contributed by atoms with Crippen molar-refractivity contribution >= 4 is 29.3 Å². The molecule has 0 spiro atoms. The number of anilines is 1. The summed E-state index contributed by atoms with van der Waals surface area (Å²) in [5, 5.41) is 4.15. The number of nitrogens with one attached hydrogen (secondary N) is 1. The Balaban J connectivity index is 1.55. The fourth-order valence-corrected chi connectivity index (χ4v) is 2.93. The molecule has 0 aliphatic carbocycles. The predicted molar refractivity (Wildman–Crippen MR) is 95.5 cm³/mol. The molecule has 3 nitrogen and oxygen atoms in total. The molecule has 0 bridgehead atoms. The minimum Gasteiger partial charge on any atom is -0.380 e. The van der Waals surface area contributed by atoms with Gasteiger partial charge in [0.1, 0.15) is 0 Å². The van der Waals surface area contributed by atoms with Gasteiger partial charge in [0.25, 0.3) is 0 Å². The standard InChI is InChI=1S/C19H19ClN2O/c20-16-6-4-5-15(13-16)9-10-19(23)22-12-11-18(14-22)21-17-7-2-1-3-8-17/h1-10,13,18,21H,11-12,14H2/b10-9+. The van der Waals surface area contributed by atoms with Gasteiger partial charge in [0, 0.05) is 35.9 Å². The van der Waals surface area contributed by atoms with Crippen molar-refractivity contribution in [3.05, 3.63) is 71.3 Å². The first-order valence-electron chi connectivity index (χ1n) is 7.75. The molecular weight excluding hydrogens is 308 g/mol. The second-order valence-corrected chi connectivity index (χ2v) is 6.10. The van der Waals surface area contributed by atoms with Crippen LogP contribution in [-0.4, -0.2) is 29.9 Å². The number of rotatable bonds is 4. The Labute approximate surface area is 141 Å². The lowest BCUT2D eigenvalue weighted by Crippen LogP contribution is -2.30. The van der Waals surface area contributed by atoms with Gasteiger partial charge in [0.15, 0.2) is 0 Å². The number of para-hydroxylation sites is 1. The molecule has 1 aliphatic rings. The monoisotopic (exact) mass is 326 g/mol. The highest BCUT2D eigenvalue weighted by atomic mass is 35.5. The molecule has 1 atom stereocenters. The summed E-state index contributed by atoms with van der Waals surface area (Å²) < 4.78 is 0. The molecule has 1 heterocycles. The number of carbonyl (C=O) groups is 1. The Bertz CT molecular complexity index is 700. The van der Waals surface area contributed by atoms with Crippen LogP contribution >= 0.6 is 11.6 Å². The molecule has 1 N–H and O–H groups in total. The van der Waals surface area contributed by atoms with Crippen molar-refractivity contribution in [3.8, 4) is 0 Å². The summed E-state index contributed by atoms with van der Waals surface area (Å²) in [6.45, 7) is 1.51. The summed E-state index contributed by atoms with van der Waals surface area (Å²) in [5.41, 5.74) is 2.03. The third-order valence-electron chi connectivity index (χ3n) is 3.91. The van der Waals surface area contributed by atoms with E-state index in [1.54, 1.807) is 6.08 Å². The Morgan fingerprint density at radius 2 is 2.00 bits per heavy atom. The van der Waals surface area contributed by atoms with Crippen LogP contribution < -0.4 is 5.32 Å². The van der Waals surface area contributed by atoms with E-state index in [9.17, 15) is 4.79 Å². The van der Waals surface area contributed by atoms with Crippen LogP contribution in [0, 0.1) is 0 Å². The van der Waals surface area contributed by atoms with Crippen molar-refractivity contribution < 1.29 is 4.79 Å². The highest BCUT2D eigenvalue weighted by molar-refractivity contribution is 6.30. The maximum absolute atomic E-state index is 12.3. The van der Waals surface area contributed by atoms with Gasteiger partial charge in [0.2, 0.25) is 5.91 Å². The molecule has 0 radical (unpaired) electrons. The molecular formula is C19H19ClN2O. The summed E-state index contributed by atoms with van der Waals surface area (Å²) in [5.74, 6) is 0.0438. The SMILES string of the molecule is O=C(/C=C/c1cccc(Cl)c1)N1CCC(Nc2ccccc2)C1. The lowest BCUT2D eigenvalue weighted by Gasteiger charge is -2.16. The van der Waals surface area contributed by atoms with E-state index in [4.69, 9.17) is 11.6 Å². The molecule has 2 aromatic carbocycles. The molecule has 1 unspecified atom stereocenters. The van der Waals surface area contributed by atoms with Crippen molar-refractivity contribution in [3.63, 3.8) is 0 Å². The molecule has 1 aliphatic heterocycles. The van der Waals surface area contributed by atoms with Gasteiger partial charge in [-0.05, 0) is 42.3 Å². The average Bonchev–Trinajstić information content (AvgIpc) is 3.02. The summed E-state index contributed by atoms with van der Waals surface area (Å²) in [6, 6.07) is 17.9. The zero-order valence-electron chi connectivity index (χ0n) is 12.8. The number of amides is 1. The first-order valence-corrected chi connectivity index (χ1v) is 8.13. The van der Waals surface area contributed by atoms with Crippen LogP contribution in [0.1, 0.15) is 12.0 Å². The second kappa shape index (κ2) is 7.34. The average molecular weight is 327 g/mol. The molecule has 2 aromatic rings. The van der Waals surface area contributed by atoms with Gasteiger partial charge < -0.3 is 10.2 Å². The maximum atomic E-state index is 12.3. The highest BCUT2D eigenvalue weighted by Crippen LogP contribution is 2.17. The van der Waals surface area contributed by atoms with Crippen molar-refractivity contribution in [2.24, 2.45) is 0 Å². The van der Waals surface area contributed by atoms with Gasteiger partial charge in [-0.25, -0.2) is 0 Å². The Morgan fingerprint density at radius 1 is 1.17 bits per heavy atom. The van der Waals surface area contributed by atoms with Gasteiger partial charge in [-0.2, -0.15) is 0 Å². The van der Waals surface area contributed by atoms with Gasteiger partial charge in [-0.1, -0.05) is 41.9 Å². The third kappa shape index (κ3) is 4.36. The minimum atomic E-state index is 0.0438. The van der Waals surface area contributed by atoms with Crippen molar-refractivity contribution in [2.75, 3.05) is 18.4 Å². The number of benzene rings is 2. The fraction of sp³-hybridized carbons (Fsp3) is 0.211. The van der Waals surface area contributed by atoms with E-state index >= 15 is 0 Å². The van der Waals surface area contributed by atoms with Crippen molar-refractivity contribution in [1.82, 2.24) is 4.90 Å². The molecule has 118 valence electrons. The molecule has 23 heavy (non-hydrogen) atoms. The lowest BCUT2D eigenvalue weighted by atomic mass is 10.2. The van der Waals surface area contributed by atoms with E-state index in [-0.39, 0.29) is 5.91 Å². The van der Waals surface area contributed by atoms with E-state index in [0.717, 1.165) is 30.8 Å². The molecule has 3 rings (SSSR count). The van der Waals surface area contributed by atoms with E-state index in [2.05, 4.69) is 5.32 Å². The van der Waals surface area contributed by atoms with Gasteiger partial charge in [0.05, 0.1) is 0 Å². The van der Waals surface area contributed by atoms with Gasteiger partial charge in [-0.15, -0.1) is 0 Å². The van der Waals surface area contributed by atoms with Crippen LogP contribution in [0.4, 0.5) is 5.69 Å². The molecule has 1 amide bonds. The molecule has 1 saturated heterocycles. The second-order valence-electron chi connectivity index (χ2n) is 5.67. The van der Waals surface area contributed by atoms with Crippen LogP contribution in [0.15, 0.2) is 60.7 Å². The van der Waals surface area contributed by atoms with E-state index in [1.165, 1.54) is 0 Å². The summed E-state index contributed by atoms with van der Waals surface area (Å²) in [6.07, 6.45) is 4.40. The van der Waals surface area contributed by atoms with Crippen LogP contribution in [0.2, 0.25) is 5.02 Å². The molecule has 0 aromatic heterocycles. The predicted octanol–water partition coefficient (Wildman–Crippen LogP) is 4.07. The lowest BCUT2D eigenvalue weighted by molar-refractivity contribution is -0.124. The summed E-state index contributed by atoms with van der Waals surface area (Å²) in [4.78, 5) is 14.2. The number of hydrogen-bond donors (Lipinski definition) is 1. The summed E-state index contributed by atoms with van der Waals surface area (Å²) in [7, 11) is 0. The number of nitrogens with zero attached hydrogens (tertiary/aromatic N) is 1. The number of likely N-dealkylation sites (tertiary alicyclic amines) is 1. The fourth-order valence-electron chi connectivity index (χ4n) is 2.73. The highest BCUT2D eigenvalue weighted by Gasteiger charge is 2.24. The molecule has 1 fully saturated rings. The quantitative estimate of drug-likeness (QED) is 0.859. The first kappa shape index (κ1) is 15.6. The zero-order chi connectivity index (χ0) is 16.1. The summed E-state index contributed by atoms with van der Waals surface area (Å²) >= 11 is 5.95. The van der Waals surface area contributed by atoms with Crippen LogP contribution in [-0.2, 0) is 4.79 Å². The zero-order valence-corrected chi connectivity index (χ0v) is 13.5. The molecule has 4 heteroatoms. The Morgan fingerprint density at radius 3 is 2.78 bits per heavy atom. The Kier molecular flexibility index (Phi) is 4.99. The normalized spacial score (nSPS) is 17.6. The van der Waals surface area contributed by atoms with Crippen LogP contribution in [0.3, 0.4) is 0 Å². The largest absolute Gasteiger partial charge is 0.380 e. The van der Waals surface area contributed by atoms with Crippen LogP contribution in [0.5, 0.6) is 0 Å². The van der Waals surface area contributed by atoms with Gasteiger partial charge in [-0.3, -0.25) is 4.79 Å². The van der Waals surface area contributed by atoms with Crippen molar-refractivity contribution in [1.29, 1.82) is 0 Å². The maximum Gasteiger partial charge on any atom is 0.246 e. The smallest absolute Gasteiger partial charge is 0.246 e. The Hall–Kier alpha value is -2.26. The number of carbonyl (C=O) groups excluding carboxylic acids is 1. The van der Waals surface area contributed by atoms with E-state index in [0.29, 0.717) is 11.1 Å². The minimum absolute atomic E-state index is 0.0438. The van der Waals surface area contributed by atoms with E-state index < -0.39 is 0 Å². The van der Waals surface area contributed by atoms with E-state index in [1.807, 2.05) is 65.6 Å². The van der Waals surface area contributed by atoms with Crippen LogP contribution in [0.25, 0.3) is 6.08 Å². The first-order chi connectivity index (χ1) is 11.2.